The van der Waals surface area contributed by atoms with Gasteiger partial charge in [-0.1, -0.05) is 121 Å². The third-order valence-corrected chi connectivity index (χ3v) is 8.33. The number of nitrogens with one attached hydrogen (secondary N) is 3. The summed E-state index contributed by atoms with van der Waals surface area (Å²) in [5.74, 6) is -3.22. The Kier molecular flexibility index (Phi) is 14.8. The van der Waals surface area contributed by atoms with Crippen LogP contribution in [-0.4, -0.2) is 54.2 Å². The molecule has 0 unspecified atom stereocenters. The molecule has 0 spiro atoms. The Hall–Kier alpha value is -5.62. The van der Waals surface area contributed by atoms with E-state index < -0.39 is 48.4 Å². The van der Waals surface area contributed by atoms with E-state index >= 15 is 0 Å². The lowest BCUT2D eigenvalue weighted by atomic mass is 10.1. The van der Waals surface area contributed by atoms with Crippen molar-refractivity contribution in [2.24, 2.45) is 0 Å². The molecule has 0 aliphatic heterocycles. The number of hydrogen-bond acceptors (Lipinski definition) is 9. The summed E-state index contributed by atoms with van der Waals surface area (Å²) >= 11 is 1.31. The quantitative estimate of drug-likeness (QED) is 0.0894. The lowest BCUT2D eigenvalue weighted by molar-refractivity contribution is -0.147. The van der Waals surface area contributed by atoms with Crippen molar-refractivity contribution in [3.63, 3.8) is 0 Å². The summed E-state index contributed by atoms with van der Waals surface area (Å²) in [6, 6.07) is 33.4. The molecule has 3 amide bonds. The minimum atomic E-state index is -2.91. The highest BCUT2D eigenvalue weighted by Gasteiger charge is 2.26. The van der Waals surface area contributed by atoms with Gasteiger partial charge >= 0.3 is 18.0 Å². The average molecular weight is 714 g/mol. The molecule has 0 aromatic heterocycles. The second-order valence-electron chi connectivity index (χ2n) is 11.2. The molecule has 0 radical (unpaired) electrons. The van der Waals surface area contributed by atoms with Gasteiger partial charge in [0.15, 0.2) is 0 Å². The standard InChI is InChI=1S/C39H41N3O8S/c43-35(22-21-33(38(46)49-25-30-15-7-2-8-16-30)42-39(47)50-26-31-17-9-3-10-18-31)41-34(28-51-27-32-19-11-4-12-20-32)37(45)40-23-36(44)48-24-29-13-5-1-6-14-29/h1-20,33-34H,21-28H2,(H,40,45)(H,41,43)(H,42,47)/t33-,34-/m0/s1/i23D2. The van der Waals surface area contributed by atoms with E-state index in [1.807, 2.05) is 42.5 Å². The summed E-state index contributed by atoms with van der Waals surface area (Å²) in [6.45, 7) is -3.23. The number of esters is 2. The second-order valence-corrected chi connectivity index (χ2v) is 12.2. The monoisotopic (exact) mass is 713 g/mol. The first kappa shape index (κ1) is 35.2. The maximum Gasteiger partial charge on any atom is 0.408 e. The van der Waals surface area contributed by atoms with Gasteiger partial charge in [-0.3, -0.25) is 14.4 Å². The lowest BCUT2D eigenvalue weighted by Gasteiger charge is -2.20. The minimum absolute atomic E-state index is 0.0220. The SMILES string of the molecule is [2H]C([2H])(NC(=O)[C@H](CSCc1ccccc1)NC(=O)CC[C@H](NC(=O)OCc1ccccc1)C(=O)OCc1ccccc1)C(=O)OCc1ccccc1. The van der Waals surface area contributed by atoms with Crippen molar-refractivity contribution in [3.8, 4) is 0 Å². The highest BCUT2D eigenvalue weighted by Crippen LogP contribution is 2.14. The van der Waals surface area contributed by atoms with Gasteiger partial charge in [0.2, 0.25) is 11.8 Å². The van der Waals surface area contributed by atoms with Crippen LogP contribution < -0.4 is 16.0 Å². The maximum atomic E-state index is 13.4. The van der Waals surface area contributed by atoms with Crippen molar-refractivity contribution in [2.45, 2.75) is 50.5 Å². The summed E-state index contributed by atoms with van der Waals surface area (Å²) in [4.78, 5) is 65.1. The number of carbonyl (C=O) groups is 5. The smallest absolute Gasteiger partial charge is 0.408 e. The molecule has 2 atom stereocenters. The Labute approximate surface area is 304 Å². The average Bonchev–Trinajstić information content (AvgIpc) is 3.17. The van der Waals surface area contributed by atoms with Crippen LogP contribution in [0.5, 0.6) is 0 Å². The van der Waals surface area contributed by atoms with Crippen molar-refractivity contribution in [3.05, 3.63) is 144 Å². The number of alkyl carbamates (subject to hydrolysis) is 1. The fraction of sp³-hybridized carbons (Fsp3) is 0.256. The van der Waals surface area contributed by atoms with Crippen molar-refractivity contribution in [1.29, 1.82) is 0 Å². The van der Waals surface area contributed by atoms with Crippen molar-refractivity contribution < 1.29 is 40.9 Å². The van der Waals surface area contributed by atoms with Gasteiger partial charge < -0.3 is 30.2 Å². The Morgan fingerprint density at radius 3 is 1.65 bits per heavy atom. The summed E-state index contributed by atoms with van der Waals surface area (Å²) in [5, 5.41) is 7.12. The maximum absolute atomic E-state index is 13.4. The number of amides is 3. The molecule has 0 fully saturated rings. The van der Waals surface area contributed by atoms with Crippen LogP contribution in [0, 0.1) is 0 Å². The summed E-state index contributed by atoms with van der Waals surface area (Å²) in [5.41, 5.74) is 3.04. The highest BCUT2D eigenvalue weighted by atomic mass is 32.2. The number of rotatable bonds is 19. The normalized spacial score (nSPS) is 12.5. The van der Waals surface area contributed by atoms with E-state index in [0.29, 0.717) is 11.3 Å². The van der Waals surface area contributed by atoms with Gasteiger partial charge in [0.1, 0.15) is 38.4 Å². The third kappa shape index (κ3) is 14.8. The van der Waals surface area contributed by atoms with Crippen molar-refractivity contribution in [2.75, 3.05) is 12.2 Å². The molecule has 3 N–H and O–H groups in total. The van der Waals surface area contributed by atoms with Gasteiger partial charge in [-0.25, -0.2) is 9.59 Å². The molecular formula is C39H41N3O8S. The van der Waals surface area contributed by atoms with E-state index in [0.717, 1.165) is 16.7 Å². The minimum Gasteiger partial charge on any atom is -0.460 e. The molecule has 266 valence electrons. The van der Waals surface area contributed by atoms with E-state index in [1.165, 1.54) is 11.8 Å². The molecular weight excluding hydrogens is 671 g/mol. The first-order chi connectivity index (χ1) is 25.6. The number of thioether (sulfide) groups is 1. The summed E-state index contributed by atoms with van der Waals surface area (Å²) in [7, 11) is 0. The number of hydrogen-bond donors (Lipinski definition) is 3. The molecule has 0 saturated carbocycles. The summed E-state index contributed by atoms with van der Waals surface area (Å²) in [6.07, 6.45) is -1.44. The van der Waals surface area contributed by atoms with E-state index in [-0.39, 0.29) is 38.4 Å². The Bertz CT molecular complexity index is 1770. The van der Waals surface area contributed by atoms with E-state index in [1.54, 1.807) is 78.9 Å². The molecule has 4 rings (SSSR count). The fourth-order valence-electron chi connectivity index (χ4n) is 4.54. The molecule has 11 nitrogen and oxygen atoms in total. The predicted molar refractivity (Wildman–Crippen MR) is 193 cm³/mol. The molecule has 4 aromatic rings. The molecule has 0 saturated heterocycles. The van der Waals surface area contributed by atoms with Crippen LogP contribution in [0.15, 0.2) is 121 Å². The molecule has 51 heavy (non-hydrogen) atoms. The number of ether oxygens (including phenoxy) is 3. The van der Waals surface area contributed by atoms with Crippen molar-refractivity contribution in [1.82, 2.24) is 16.0 Å². The molecule has 0 bridgehead atoms. The largest absolute Gasteiger partial charge is 0.460 e. The summed E-state index contributed by atoms with van der Waals surface area (Å²) < 4.78 is 32.2. The Balaban J connectivity index is 1.39. The highest BCUT2D eigenvalue weighted by molar-refractivity contribution is 7.98. The third-order valence-electron chi connectivity index (χ3n) is 7.22. The van der Waals surface area contributed by atoms with Gasteiger partial charge in [0.05, 0.1) is 2.74 Å². The fourth-order valence-corrected chi connectivity index (χ4v) is 5.55. The van der Waals surface area contributed by atoms with Crippen LogP contribution in [0.25, 0.3) is 0 Å². The predicted octanol–water partition coefficient (Wildman–Crippen LogP) is 5.08. The molecule has 0 aliphatic carbocycles. The van der Waals surface area contributed by atoms with E-state index in [9.17, 15) is 24.0 Å². The van der Waals surface area contributed by atoms with Crippen LogP contribution in [0.2, 0.25) is 0 Å². The van der Waals surface area contributed by atoms with Gasteiger partial charge in [-0.15, -0.1) is 0 Å². The Morgan fingerprint density at radius 2 is 1.10 bits per heavy atom. The lowest BCUT2D eigenvalue weighted by Crippen LogP contribution is -2.50. The number of carbonyl (C=O) groups excluding carboxylic acids is 5. The van der Waals surface area contributed by atoms with Crippen LogP contribution in [0.4, 0.5) is 4.79 Å². The number of benzene rings is 4. The molecule has 0 heterocycles. The van der Waals surface area contributed by atoms with Gasteiger partial charge in [0, 0.05) is 17.9 Å². The van der Waals surface area contributed by atoms with E-state index in [4.69, 9.17) is 17.0 Å². The first-order valence-electron chi connectivity index (χ1n) is 17.2. The molecule has 4 aromatic carbocycles. The Morgan fingerprint density at radius 1 is 0.608 bits per heavy atom. The topological polar surface area (TPSA) is 149 Å². The van der Waals surface area contributed by atoms with Crippen LogP contribution in [0.1, 0.15) is 37.8 Å². The first-order valence-corrected chi connectivity index (χ1v) is 17.4. The van der Waals surface area contributed by atoms with Gasteiger partial charge in [-0.2, -0.15) is 11.8 Å². The zero-order valence-corrected chi connectivity index (χ0v) is 28.6. The van der Waals surface area contributed by atoms with Crippen LogP contribution >= 0.6 is 11.8 Å². The molecule has 12 heteroatoms. The van der Waals surface area contributed by atoms with Crippen LogP contribution in [0.3, 0.4) is 0 Å². The molecule has 0 aliphatic rings. The van der Waals surface area contributed by atoms with E-state index in [2.05, 4.69) is 16.0 Å². The van der Waals surface area contributed by atoms with Crippen LogP contribution in [-0.2, 0) is 59.0 Å². The second kappa shape index (κ2) is 21.5. The zero-order chi connectivity index (χ0) is 37.9. The van der Waals surface area contributed by atoms with Gasteiger partial charge in [-0.05, 0) is 28.7 Å². The zero-order valence-electron chi connectivity index (χ0n) is 29.8. The van der Waals surface area contributed by atoms with Gasteiger partial charge in [0.25, 0.3) is 0 Å². The van der Waals surface area contributed by atoms with Crippen molar-refractivity contribution >= 4 is 41.6 Å².